The second-order valence-corrected chi connectivity index (χ2v) is 5.62. The summed E-state index contributed by atoms with van der Waals surface area (Å²) in [6, 6.07) is 7.11. The molecule has 0 radical (unpaired) electrons. The fourth-order valence-electron chi connectivity index (χ4n) is 2.39. The van der Waals surface area contributed by atoms with Crippen molar-refractivity contribution in [1.82, 2.24) is 9.78 Å². The van der Waals surface area contributed by atoms with Gasteiger partial charge in [0.1, 0.15) is 0 Å². The van der Waals surface area contributed by atoms with Crippen LogP contribution in [-0.4, -0.2) is 22.8 Å². The van der Waals surface area contributed by atoms with Crippen LogP contribution < -0.4 is 10.1 Å². The van der Waals surface area contributed by atoms with Crippen LogP contribution in [0, 0.1) is 11.6 Å². The van der Waals surface area contributed by atoms with E-state index >= 15 is 0 Å². The molecular formula is C18H12F5N3O2. The van der Waals surface area contributed by atoms with Gasteiger partial charge < -0.3 is 10.1 Å². The number of halogens is 5. The molecule has 1 amide bonds. The molecule has 0 bridgehead atoms. The largest absolute Gasteiger partial charge is 0.493 e. The lowest BCUT2D eigenvalue weighted by Gasteiger charge is -2.08. The predicted molar refractivity (Wildman–Crippen MR) is 89.4 cm³/mol. The molecule has 10 heteroatoms. The van der Waals surface area contributed by atoms with Gasteiger partial charge in [0.15, 0.2) is 23.1 Å². The van der Waals surface area contributed by atoms with Gasteiger partial charge in [-0.2, -0.15) is 18.3 Å². The molecule has 0 atom stereocenters. The Morgan fingerprint density at radius 2 is 1.86 bits per heavy atom. The highest BCUT2D eigenvalue weighted by Gasteiger charge is 2.30. The Morgan fingerprint density at radius 3 is 2.50 bits per heavy atom. The third-order valence-electron chi connectivity index (χ3n) is 3.73. The van der Waals surface area contributed by atoms with Gasteiger partial charge in [-0.1, -0.05) is 6.07 Å². The molecule has 0 aliphatic heterocycles. The zero-order valence-electron chi connectivity index (χ0n) is 14.2. The number of amides is 1. The number of ether oxygens (including phenoxy) is 1. The highest BCUT2D eigenvalue weighted by Crippen LogP contribution is 2.31. The molecule has 146 valence electrons. The lowest BCUT2D eigenvalue weighted by Crippen LogP contribution is -2.14. The van der Waals surface area contributed by atoms with Crippen molar-refractivity contribution in [3.05, 3.63) is 71.6 Å². The van der Waals surface area contributed by atoms with Gasteiger partial charge in [0.25, 0.3) is 5.91 Å². The van der Waals surface area contributed by atoms with Crippen molar-refractivity contribution in [2.45, 2.75) is 6.18 Å². The Balaban J connectivity index is 1.92. The monoisotopic (exact) mass is 397 g/mol. The van der Waals surface area contributed by atoms with Gasteiger partial charge in [0.05, 0.1) is 24.6 Å². The van der Waals surface area contributed by atoms with Crippen LogP contribution in [0.2, 0.25) is 0 Å². The van der Waals surface area contributed by atoms with E-state index in [9.17, 15) is 26.7 Å². The maximum Gasteiger partial charge on any atom is 0.416 e. The van der Waals surface area contributed by atoms with Crippen LogP contribution >= 0.6 is 0 Å². The number of nitrogens with zero attached hydrogens (tertiary/aromatic N) is 2. The molecule has 0 aliphatic carbocycles. The normalized spacial score (nSPS) is 11.4. The Hall–Kier alpha value is -3.43. The number of alkyl halides is 3. The number of carbonyl (C=O) groups is 1. The summed E-state index contributed by atoms with van der Waals surface area (Å²) in [5.74, 6) is -3.06. The molecule has 3 rings (SSSR count). The molecule has 0 saturated heterocycles. The molecule has 3 aromatic rings. The van der Waals surface area contributed by atoms with Crippen molar-refractivity contribution in [2.75, 3.05) is 12.4 Å². The fraction of sp³-hybridized carbons (Fsp3) is 0.111. The van der Waals surface area contributed by atoms with Gasteiger partial charge in [0.2, 0.25) is 0 Å². The van der Waals surface area contributed by atoms with Crippen LogP contribution in [-0.2, 0) is 6.18 Å². The number of nitrogens with one attached hydrogen (secondary N) is 1. The van der Waals surface area contributed by atoms with E-state index in [1.807, 2.05) is 0 Å². The summed E-state index contributed by atoms with van der Waals surface area (Å²) in [4.78, 5) is 12.4. The van der Waals surface area contributed by atoms with Crippen molar-refractivity contribution >= 4 is 11.6 Å². The number of aromatic nitrogens is 2. The molecule has 0 fully saturated rings. The molecule has 2 aromatic carbocycles. The maximum atomic E-state index is 13.3. The SMILES string of the molecule is COc1cn(-c2cccc(C(F)(F)F)c2)nc1C(=O)Nc1ccc(F)c(F)c1. The van der Waals surface area contributed by atoms with Gasteiger partial charge in [0, 0.05) is 11.8 Å². The average molecular weight is 397 g/mol. The molecule has 0 aliphatic rings. The Bertz CT molecular complexity index is 1030. The Labute approximate surface area is 155 Å². The lowest BCUT2D eigenvalue weighted by atomic mass is 10.2. The summed E-state index contributed by atoms with van der Waals surface area (Å²) >= 11 is 0. The van der Waals surface area contributed by atoms with E-state index in [-0.39, 0.29) is 22.8 Å². The molecule has 1 heterocycles. The van der Waals surface area contributed by atoms with E-state index < -0.39 is 29.3 Å². The molecule has 28 heavy (non-hydrogen) atoms. The second kappa shape index (κ2) is 7.29. The summed E-state index contributed by atoms with van der Waals surface area (Å²) in [6.07, 6.45) is -3.31. The van der Waals surface area contributed by atoms with Crippen molar-refractivity contribution in [2.24, 2.45) is 0 Å². The minimum Gasteiger partial charge on any atom is -0.493 e. The van der Waals surface area contributed by atoms with Crippen LogP contribution in [0.15, 0.2) is 48.7 Å². The number of benzene rings is 2. The molecule has 0 saturated carbocycles. The number of hydrogen-bond acceptors (Lipinski definition) is 3. The summed E-state index contributed by atoms with van der Waals surface area (Å²) in [5, 5.41) is 6.27. The molecule has 1 N–H and O–H groups in total. The zero-order chi connectivity index (χ0) is 20.5. The lowest BCUT2D eigenvalue weighted by molar-refractivity contribution is -0.137. The van der Waals surface area contributed by atoms with Crippen LogP contribution in [0.25, 0.3) is 5.69 Å². The third kappa shape index (κ3) is 3.95. The molecular weight excluding hydrogens is 385 g/mol. The van der Waals surface area contributed by atoms with Crippen LogP contribution in [0.3, 0.4) is 0 Å². The van der Waals surface area contributed by atoms with Crippen molar-refractivity contribution in [3.63, 3.8) is 0 Å². The molecule has 0 unspecified atom stereocenters. The molecule has 0 spiro atoms. The van der Waals surface area contributed by atoms with Gasteiger partial charge in [-0.25, -0.2) is 13.5 Å². The van der Waals surface area contributed by atoms with E-state index in [0.717, 1.165) is 35.0 Å². The van der Waals surface area contributed by atoms with E-state index in [4.69, 9.17) is 4.74 Å². The van der Waals surface area contributed by atoms with Gasteiger partial charge in [-0.3, -0.25) is 4.79 Å². The standard InChI is InChI=1S/C18H12F5N3O2/c1-28-15-9-26(12-4-2-3-10(7-12)18(21,22)23)25-16(15)17(27)24-11-5-6-13(19)14(20)8-11/h2-9H,1H3,(H,24,27). The van der Waals surface area contributed by atoms with Crippen LogP contribution in [0.4, 0.5) is 27.6 Å². The minimum absolute atomic E-state index is 0.0162. The van der Waals surface area contributed by atoms with Crippen LogP contribution in [0.5, 0.6) is 5.75 Å². The first-order chi connectivity index (χ1) is 13.2. The topological polar surface area (TPSA) is 56.2 Å². The summed E-state index contributed by atoms with van der Waals surface area (Å²) < 4.78 is 71.0. The van der Waals surface area contributed by atoms with E-state index in [2.05, 4.69) is 10.4 Å². The van der Waals surface area contributed by atoms with Gasteiger partial charge >= 0.3 is 6.18 Å². The fourth-order valence-corrected chi connectivity index (χ4v) is 2.39. The van der Waals surface area contributed by atoms with E-state index in [1.54, 1.807) is 0 Å². The number of rotatable bonds is 4. The number of anilines is 1. The highest BCUT2D eigenvalue weighted by molar-refractivity contribution is 6.04. The Morgan fingerprint density at radius 1 is 1.11 bits per heavy atom. The van der Waals surface area contributed by atoms with E-state index in [1.165, 1.54) is 25.4 Å². The van der Waals surface area contributed by atoms with Crippen molar-refractivity contribution < 1.29 is 31.5 Å². The van der Waals surface area contributed by atoms with Crippen molar-refractivity contribution in [1.29, 1.82) is 0 Å². The molecule has 1 aromatic heterocycles. The zero-order valence-corrected chi connectivity index (χ0v) is 14.2. The van der Waals surface area contributed by atoms with Crippen molar-refractivity contribution in [3.8, 4) is 11.4 Å². The quantitative estimate of drug-likeness (QED) is 0.663. The summed E-state index contributed by atoms with van der Waals surface area (Å²) in [7, 11) is 1.25. The third-order valence-corrected chi connectivity index (χ3v) is 3.73. The first-order valence-corrected chi connectivity index (χ1v) is 7.76. The maximum absolute atomic E-state index is 13.3. The number of carbonyl (C=O) groups excluding carboxylic acids is 1. The van der Waals surface area contributed by atoms with E-state index in [0.29, 0.717) is 0 Å². The second-order valence-electron chi connectivity index (χ2n) is 5.62. The number of hydrogen-bond donors (Lipinski definition) is 1. The summed E-state index contributed by atoms with van der Waals surface area (Å²) in [5.41, 5.74) is -1.10. The minimum atomic E-state index is -4.54. The Kier molecular flexibility index (Phi) is 5.04. The number of methoxy groups -OCH3 is 1. The summed E-state index contributed by atoms with van der Waals surface area (Å²) in [6.45, 7) is 0. The average Bonchev–Trinajstić information content (AvgIpc) is 3.09. The predicted octanol–water partition coefficient (Wildman–Crippen LogP) is 4.43. The first kappa shape index (κ1) is 19.3. The first-order valence-electron chi connectivity index (χ1n) is 7.76. The highest BCUT2D eigenvalue weighted by atomic mass is 19.4. The molecule has 5 nitrogen and oxygen atoms in total. The smallest absolute Gasteiger partial charge is 0.416 e. The van der Waals surface area contributed by atoms with Gasteiger partial charge in [-0.15, -0.1) is 0 Å². The van der Waals surface area contributed by atoms with Gasteiger partial charge in [-0.05, 0) is 30.3 Å². The van der Waals surface area contributed by atoms with Crippen LogP contribution in [0.1, 0.15) is 16.1 Å².